The van der Waals surface area contributed by atoms with Gasteiger partial charge in [0.15, 0.2) is 11.5 Å². The lowest BCUT2D eigenvalue weighted by molar-refractivity contribution is 0.0693. The Bertz CT molecular complexity index is 1100. The van der Waals surface area contributed by atoms with Gasteiger partial charge in [-0.05, 0) is 71.5 Å². The fourth-order valence-electron chi connectivity index (χ4n) is 4.46. The van der Waals surface area contributed by atoms with Crippen molar-refractivity contribution in [2.24, 2.45) is 11.7 Å². The molecule has 0 atom stereocenters. The van der Waals surface area contributed by atoms with Gasteiger partial charge in [-0.3, -0.25) is 4.79 Å². The molecule has 1 fully saturated rings. The molecule has 0 spiro atoms. The number of methoxy groups -OCH3 is 3. The molecule has 0 radical (unpaired) electrons. The number of hydrogen-bond donors (Lipinski definition) is 1. The highest BCUT2D eigenvalue weighted by molar-refractivity contribution is 6.03. The molecule has 1 aliphatic rings. The first-order valence-electron chi connectivity index (χ1n) is 10.9. The summed E-state index contributed by atoms with van der Waals surface area (Å²) < 4.78 is 16.5. The molecule has 4 rings (SSSR count). The van der Waals surface area contributed by atoms with Gasteiger partial charge in [-0.25, -0.2) is 0 Å². The van der Waals surface area contributed by atoms with Gasteiger partial charge in [0.25, 0.3) is 5.91 Å². The standard InChI is InChI=1S/C26H30N2O4/c1-30-23-14-20(15-24(31-2)25(23)32-3)21-6-4-5-18-13-19(7-8-22(18)21)26(29)28-11-9-17(16-27)10-12-28/h4-8,13-15,17H,9-12,16,27H2,1-3H3. The van der Waals surface area contributed by atoms with E-state index in [4.69, 9.17) is 19.9 Å². The predicted molar refractivity (Wildman–Crippen MR) is 127 cm³/mol. The Balaban J connectivity index is 1.70. The van der Waals surface area contributed by atoms with Gasteiger partial charge in [-0.2, -0.15) is 0 Å². The van der Waals surface area contributed by atoms with E-state index in [1.807, 2.05) is 47.4 Å². The highest BCUT2D eigenvalue weighted by atomic mass is 16.5. The maximum atomic E-state index is 13.1. The van der Waals surface area contributed by atoms with Crippen molar-refractivity contribution in [2.75, 3.05) is 41.0 Å². The van der Waals surface area contributed by atoms with Gasteiger partial charge in [0.1, 0.15) is 0 Å². The van der Waals surface area contributed by atoms with Gasteiger partial charge in [0.05, 0.1) is 21.3 Å². The van der Waals surface area contributed by atoms with E-state index in [-0.39, 0.29) is 5.91 Å². The van der Waals surface area contributed by atoms with Crippen molar-refractivity contribution in [2.45, 2.75) is 12.8 Å². The zero-order chi connectivity index (χ0) is 22.7. The molecule has 0 bridgehead atoms. The summed E-state index contributed by atoms with van der Waals surface area (Å²) in [5, 5.41) is 2.07. The number of carbonyl (C=O) groups excluding carboxylic acids is 1. The van der Waals surface area contributed by atoms with E-state index in [0.29, 0.717) is 35.3 Å². The van der Waals surface area contributed by atoms with E-state index in [1.165, 1.54) is 0 Å². The van der Waals surface area contributed by atoms with Crippen LogP contribution < -0.4 is 19.9 Å². The number of fused-ring (bicyclic) bond motifs is 1. The summed E-state index contributed by atoms with van der Waals surface area (Å²) in [4.78, 5) is 15.0. The van der Waals surface area contributed by atoms with E-state index in [1.54, 1.807) is 21.3 Å². The lowest BCUT2D eigenvalue weighted by atomic mass is 9.95. The zero-order valence-corrected chi connectivity index (χ0v) is 18.9. The molecule has 168 valence electrons. The van der Waals surface area contributed by atoms with Crippen molar-refractivity contribution >= 4 is 16.7 Å². The second-order valence-electron chi connectivity index (χ2n) is 8.13. The zero-order valence-electron chi connectivity index (χ0n) is 18.9. The Labute approximate surface area is 188 Å². The molecular weight excluding hydrogens is 404 g/mol. The van der Waals surface area contributed by atoms with Gasteiger partial charge < -0.3 is 24.8 Å². The van der Waals surface area contributed by atoms with E-state index in [9.17, 15) is 4.79 Å². The molecule has 6 heteroatoms. The van der Waals surface area contributed by atoms with Crippen LogP contribution in [0.5, 0.6) is 17.2 Å². The third-order valence-electron chi connectivity index (χ3n) is 6.34. The van der Waals surface area contributed by atoms with Gasteiger partial charge in [-0.15, -0.1) is 0 Å². The van der Waals surface area contributed by atoms with Crippen molar-refractivity contribution < 1.29 is 19.0 Å². The minimum atomic E-state index is 0.0839. The number of nitrogens with zero attached hydrogens (tertiary/aromatic N) is 1. The maximum absolute atomic E-state index is 13.1. The first-order valence-corrected chi connectivity index (χ1v) is 10.9. The first kappa shape index (κ1) is 22.0. The average Bonchev–Trinajstić information content (AvgIpc) is 2.86. The highest BCUT2D eigenvalue weighted by Crippen LogP contribution is 2.42. The minimum absolute atomic E-state index is 0.0839. The predicted octanol–water partition coefficient (Wildman–Crippen LogP) is 4.34. The summed E-state index contributed by atoms with van der Waals surface area (Å²) in [6.07, 6.45) is 1.95. The molecule has 1 saturated heterocycles. The topological polar surface area (TPSA) is 74.0 Å². The molecule has 6 nitrogen and oxygen atoms in total. The number of rotatable bonds is 6. The molecule has 1 amide bonds. The lowest BCUT2D eigenvalue weighted by Gasteiger charge is -2.31. The number of likely N-dealkylation sites (tertiary alicyclic amines) is 1. The number of amides is 1. The van der Waals surface area contributed by atoms with Gasteiger partial charge in [-0.1, -0.05) is 24.3 Å². The average molecular weight is 435 g/mol. The van der Waals surface area contributed by atoms with Crippen LogP contribution in [0.3, 0.4) is 0 Å². The van der Waals surface area contributed by atoms with Crippen LogP contribution in [-0.2, 0) is 0 Å². The smallest absolute Gasteiger partial charge is 0.253 e. The summed E-state index contributed by atoms with van der Waals surface area (Å²) in [5.74, 6) is 2.38. The first-order chi connectivity index (χ1) is 15.6. The fourth-order valence-corrected chi connectivity index (χ4v) is 4.46. The molecule has 0 saturated carbocycles. The highest BCUT2D eigenvalue weighted by Gasteiger charge is 2.23. The lowest BCUT2D eigenvalue weighted by Crippen LogP contribution is -2.40. The van der Waals surface area contributed by atoms with Crippen LogP contribution in [0.1, 0.15) is 23.2 Å². The van der Waals surface area contributed by atoms with Crippen molar-refractivity contribution in [3.05, 3.63) is 54.1 Å². The maximum Gasteiger partial charge on any atom is 0.253 e. The Morgan fingerprint density at radius 2 is 1.66 bits per heavy atom. The van der Waals surface area contributed by atoms with Crippen LogP contribution in [0.25, 0.3) is 21.9 Å². The van der Waals surface area contributed by atoms with Gasteiger partial charge >= 0.3 is 0 Å². The third-order valence-corrected chi connectivity index (χ3v) is 6.34. The van der Waals surface area contributed by atoms with E-state index >= 15 is 0 Å². The Morgan fingerprint density at radius 3 is 2.25 bits per heavy atom. The van der Waals surface area contributed by atoms with Crippen molar-refractivity contribution in [1.82, 2.24) is 4.90 Å². The molecule has 32 heavy (non-hydrogen) atoms. The number of hydrogen-bond acceptors (Lipinski definition) is 5. The molecule has 0 unspecified atom stereocenters. The number of ether oxygens (including phenoxy) is 3. The van der Waals surface area contributed by atoms with Crippen LogP contribution in [0.15, 0.2) is 48.5 Å². The SMILES string of the molecule is COc1cc(-c2cccc3cc(C(=O)N4CCC(CN)CC4)ccc23)cc(OC)c1OC. The van der Waals surface area contributed by atoms with Gasteiger partial charge in [0.2, 0.25) is 5.75 Å². The summed E-state index contributed by atoms with van der Waals surface area (Å²) in [6, 6.07) is 15.9. The normalized spacial score (nSPS) is 14.4. The fraction of sp³-hybridized carbons (Fsp3) is 0.346. The molecule has 2 N–H and O–H groups in total. The number of nitrogens with two attached hydrogens (primary N) is 1. The quantitative estimate of drug-likeness (QED) is 0.625. The van der Waals surface area contributed by atoms with E-state index in [2.05, 4.69) is 6.07 Å². The Kier molecular flexibility index (Phi) is 6.51. The van der Waals surface area contributed by atoms with Gasteiger partial charge in [0, 0.05) is 18.7 Å². The monoisotopic (exact) mass is 434 g/mol. The second-order valence-corrected chi connectivity index (χ2v) is 8.13. The third kappa shape index (κ3) is 4.10. The van der Waals surface area contributed by atoms with Crippen molar-refractivity contribution in [1.29, 1.82) is 0 Å². The number of benzene rings is 3. The molecule has 3 aromatic rings. The second kappa shape index (κ2) is 9.49. The molecule has 1 heterocycles. The van der Waals surface area contributed by atoms with Crippen molar-refractivity contribution in [3.63, 3.8) is 0 Å². The molecule has 0 aromatic heterocycles. The molecule has 3 aromatic carbocycles. The van der Waals surface area contributed by atoms with Crippen LogP contribution >= 0.6 is 0 Å². The summed E-state index contributed by atoms with van der Waals surface area (Å²) >= 11 is 0. The van der Waals surface area contributed by atoms with Crippen LogP contribution in [0.2, 0.25) is 0 Å². The summed E-state index contributed by atoms with van der Waals surface area (Å²) in [5.41, 5.74) is 8.48. The summed E-state index contributed by atoms with van der Waals surface area (Å²) in [6.45, 7) is 2.23. The van der Waals surface area contributed by atoms with Crippen LogP contribution in [0, 0.1) is 5.92 Å². The van der Waals surface area contributed by atoms with Crippen LogP contribution in [-0.4, -0.2) is 51.8 Å². The Morgan fingerprint density at radius 1 is 0.969 bits per heavy atom. The number of piperidine rings is 1. The molecule has 1 aliphatic heterocycles. The van der Waals surface area contributed by atoms with E-state index in [0.717, 1.165) is 47.8 Å². The largest absolute Gasteiger partial charge is 0.493 e. The molecular formula is C26H30N2O4. The summed E-state index contributed by atoms with van der Waals surface area (Å²) in [7, 11) is 4.81. The van der Waals surface area contributed by atoms with Crippen molar-refractivity contribution in [3.8, 4) is 28.4 Å². The number of carbonyl (C=O) groups is 1. The minimum Gasteiger partial charge on any atom is -0.493 e. The molecule has 0 aliphatic carbocycles. The van der Waals surface area contributed by atoms with E-state index < -0.39 is 0 Å². The van der Waals surface area contributed by atoms with Crippen LogP contribution in [0.4, 0.5) is 0 Å². The Hall–Kier alpha value is -3.25.